The molecule has 47 heavy (non-hydrogen) atoms. The van der Waals surface area contributed by atoms with Crippen LogP contribution < -0.4 is 9.80 Å². The molecule has 2 aliphatic heterocycles. The van der Waals surface area contributed by atoms with Crippen LogP contribution in [0.1, 0.15) is 58.4 Å². The van der Waals surface area contributed by atoms with Gasteiger partial charge >= 0.3 is 12.1 Å². The van der Waals surface area contributed by atoms with E-state index in [1.807, 2.05) is 51.1 Å². The Hall–Kier alpha value is -5.65. The largest absolute Gasteiger partial charge is 0.461 e. The van der Waals surface area contributed by atoms with E-state index >= 15 is 0 Å². The Morgan fingerprint density at radius 1 is 0.830 bits per heavy atom. The minimum absolute atomic E-state index is 0.00861. The molecule has 4 heterocycles. The van der Waals surface area contributed by atoms with Crippen molar-refractivity contribution in [2.24, 2.45) is 0 Å². The molecule has 240 valence electrons. The van der Waals surface area contributed by atoms with Crippen molar-refractivity contribution in [3.63, 3.8) is 0 Å². The standard InChI is InChI=1S/C35H33N5O7/c1-35(2,3)47-34(43)39-16-13-23-24-18-28(36-26(24)9-11-31(23)39)32(41)38-15-12-22-25-19-29(37-27(25)8-10-30(22)38)33(42)46-17-14-20-4-6-21(7-5-20)40(44)45/h4-11,18-19,36-37H,12-17H2,1-3H3. The van der Waals surface area contributed by atoms with E-state index in [1.165, 1.54) is 12.1 Å². The number of non-ortho nitro benzene ring substituents is 1. The van der Waals surface area contributed by atoms with E-state index in [1.54, 1.807) is 28.0 Å². The maximum absolute atomic E-state index is 13.8. The normalized spacial score (nSPS) is 14.0. The average Bonchev–Trinajstić information content (AvgIpc) is 3.82. The molecule has 7 rings (SSSR count). The number of H-pyrrole nitrogens is 2. The molecule has 2 N–H and O–H groups in total. The molecule has 0 unspecified atom stereocenters. The second-order valence-electron chi connectivity index (χ2n) is 12.8. The van der Waals surface area contributed by atoms with Crippen LogP contribution >= 0.6 is 0 Å². The van der Waals surface area contributed by atoms with Gasteiger partial charge in [-0.25, -0.2) is 9.59 Å². The Kier molecular flexibility index (Phi) is 7.22. The van der Waals surface area contributed by atoms with Gasteiger partial charge in [-0.1, -0.05) is 12.1 Å². The summed E-state index contributed by atoms with van der Waals surface area (Å²) < 4.78 is 11.1. The predicted molar refractivity (Wildman–Crippen MR) is 176 cm³/mol. The Balaban J connectivity index is 1.06. The van der Waals surface area contributed by atoms with E-state index in [0.29, 0.717) is 43.7 Å². The van der Waals surface area contributed by atoms with Gasteiger partial charge in [0.25, 0.3) is 11.6 Å². The van der Waals surface area contributed by atoms with Gasteiger partial charge in [0.2, 0.25) is 0 Å². The minimum atomic E-state index is -0.598. The fourth-order valence-electron chi connectivity index (χ4n) is 6.44. The third kappa shape index (κ3) is 5.56. The lowest BCUT2D eigenvalue weighted by atomic mass is 10.1. The molecular weight excluding hydrogens is 602 g/mol. The molecule has 5 aromatic rings. The molecule has 0 radical (unpaired) electrons. The second kappa shape index (κ2) is 11.3. The number of rotatable bonds is 6. The highest BCUT2D eigenvalue weighted by atomic mass is 16.6. The molecule has 0 spiro atoms. The number of ether oxygens (including phenoxy) is 2. The van der Waals surface area contributed by atoms with Gasteiger partial charge in [0, 0.05) is 59.1 Å². The molecule has 0 saturated heterocycles. The van der Waals surface area contributed by atoms with Gasteiger partial charge in [0.1, 0.15) is 17.0 Å². The van der Waals surface area contributed by atoms with Crippen LogP contribution in [0.25, 0.3) is 21.8 Å². The summed E-state index contributed by atoms with van der Waals surface area (Å²) in [6.45, 7) is 6.66. The highest BCUT2D eigenvalue weighted by molar-refractivity contribution is 6.11. The second-order valence-corrected chi connectivity index (χ2v) is 12.8. The zero-order valence-electron chi connectivity index (χ0n) is 26.2. The Morgan fingerprint density at radius 2 is 1.40 bits per heavy atom. The van der Waals surface area contributed by atoms with Crippen LogP contribution in [0.15, 0.2) is 60.7 Å². The third-order valence-electron chi connectivity index (χ3n) is 8.61. The first-order valence-corrected chi connectivity index (χ1v) is 15.5. The summed E-state index contributed by atoms with van der Waals surface area (Å²) in [6.07, 6.45) is 1.34. The summed E-state index contributed by atoms with van der Waals surface area (Å²) in [5.41, 5.74) is 6.18. The fraction of sp³-hybridized carbons (Fsp3) is 0.286. The van der Waals surface area contributed by atoms with Crippen molar-refractivity contribution >= 4 is 56.8 Å². The number of nitro benzene ring substituents is 1. The zero-order valence-corrected chi connectivity index (χ0v) is 26.2. The number of amides is 2. The van der Waals surface area contributed by atoms with Crippen molar-refractivity contribution < 1.29 is 28.8 Å². The van der Waals surface area contributed by atoms with Gasteiger partial charge in [0.15, 0.2) is 0 Å². The Labute approximate surface area is 269 Å². The van der Waals surface area contributed by atoms with Crippen molar-refractivity contribution in [2.75, 3.05) is 29.5 Å². The number of aromatic nitrogens is 2. The summed E-state index contributed by atoms with van der Waals surface area (Å²) in [6, 6.07) is 17.3. The van der Waals surface area contributed by atoms with Crippen LogP contribution in [0.5, 0.6) is 0 Å². The van der Waals surface area contributed by atoms with Crippen LogP contribution in [-0.2, 0) is 28.7 Å². The highest BCUT2D eigenvalue weighted by Crippen LogP contribution is 2.38. The van der Waals surface area contributed by atoms with Crippen molar-refractivity contribution in [1.82, 2.24) is 9.97 Å². The Bertz CT molecular complexity index is 2090. The lowest BCUT2D eigenvalue weighted by Gasteiger charge is -2.24. The molecule has 12 heteroatoms. The van der Waals surface area contributed by atoms with Crippen LogP contribution in [0.2, 0.25) is 0 Å². The van der Waals surface area contributed by atoms with Crippen LogP contribution in [0, 0.1) is 10.1 Å². The molecule has 2 aliphatic rings. The van der Waals surface area contributed by atoms with Gasteiger partial charge in [-0.3, -0.25) is 19.8 Å². The van der Waals surface area contributed by atoms with Crippen LogP contribution in [0.4, 0.5) is 21.9 Å². The van der Waals surface area contributed by atoms with Gasteiger partial charge in [0.05, 0.1) is 17.2 Å². The third-order valence-corrected chi connectivity index (χ3v) is 8.61. The number of carbonyl (C=O) groups is 3. The van der Waals surface area contributed by atoms with Crippen molar-refractivity contribution in [2.45, 2.75) is 45.6 Å². The molecule has 0 saturated carbocycles. The van der Waals surface area contributed by atoms with E-state index in [-0.39, 0.29) is 24.3 Å². The van der Waals surface area contributed by atoms with Crippen LogP contribution in [0.3, 0.4) is 0 Å². The number of hydrogen-bond donors (Lipinski definition) is 2. The van der Waals surface area contributed by atoms with Gasteiger partial charge in [-0.05, 0) is 86.7 Å². The molecule has 2 amide bonds. The SMILES string of the molecule is CC(C)(C)OC(=O)N1CCc2c1ccc1[nH]c(C(=O)N3CCc4c3ccc3[nH]c(C(=O)OCCc5ccc([N+](=O)[O-])cc5)cc43)cc21. The van der Waals surface area contributed by atoms with E-state index in [4.69, 9.17) is 9.47 Å². The summed E-state index contributed by atoms with van der Waals surface area (Å²) in [7, 11) is 0. The molecule has 3 aromatic carbocycles. The number of carbonyl (C=O) groups excluding carboxylic acids is 3. The number of nitrogens with one attached hydrogen (secondary N) is 2. The molecule has 12 nitrogen and oxygen atoms in total. The average molecular weight is 636 g/mol. The number of aromatic amines is 2. The number of anilines is 2. The van der Waals surface area contributed by atoms with Crippen molar-refractivity contribution in [3.8, 4) is 0 Å². The first-order valence-electron chi connectivity index (χ1n) is 15.5. The molecule has 0 aliphatic carbocycles. The highest BCUT2D eigenvalue weighted by Gasteiger charge is 2.32. The topological polar surface area (TPSA) is 151 Å². The quantitative estimate of drug-likeness (QED) is 0.123. The molecule has 0 fully saturated rings. The monoisotopic (exact) mass is 635 g/mol. The number of hydrogen-bond acceptors (Lipinski definition) is 7. The summed E-state index contributed by atoms with van der Waals surface area (Å²) in [4.78, 5) is 59.7. The number of nitrogens with zero attached hydrogens (tertiary/aromatic N) is 3. The summed E-state index contributed by atoms with van der Waals surface area (Å²) >= 11 is 0. The zero-order chi connectivity index (χ0) is 33.0. The number of esters is 1. The smallest absolute Gasteiger partial charge is 0.414 e. The fourth-order valence-corrected chi connectivity index (χ4v) is 6.44. The molecule has 2 aromatic heterocycles. The lowest BCUT2D eigenvalue weighted by molar-refractivity contribution is -0.384. The predicted octanol–water partition coefficient (Wildman–Crippen LogP) is 6.46. The number of nitro groups is 1. The number of fused-ring (bicyclic) bond motifs is 6. The van der Waals surface area contributed by atoms with Crippen molar-refractivity contribution in [3.05, 3.63) is 98.9 Å². The lowest BCUT2D eigenvalue weighted by Crippen LogP contribution is -2.35. The van der Waals surface area contributed by atoms with Gasteiger partial charge in [-0.2, -0.15) is 0 Å². The van der Waals surface area contributed by atoms with Gasteiger partial charge in [-0.15, -0.1) is 0 Å². The maximum Gasteiger partial charge on any atom is 0.414 e. The van der Waals surface area contributed by atoms with E-state index in [2.05, 4.69) is 9.97 Å². The van der Waals surface area contributed by atoms with Crippen LogP contribution in [-0.4, -0.2) is 58.2 Å². The Morgan fingerprint density at radius 3 is 2.02 bits per heavy atom. The molecule has 0 bridgehead atoms. The first-order chi connectivity index (χ1) is 22.5. The summed E-state index contributed by atoms with van der Waals surface area (Å²) in [5.74, 6) is -0.657. The first kappa shape index (κ1) is 30.0. The number of benzene rings is 3. The maximum atomic E-state index is 13.8. The minimum Gasteiger partial charge on any atom is -0.461 e. The molecular formula is C35H33N5O7. The van der Waals surface area contributed by atoms with Gasteiger partial charge < -0.3 is 24.3 Å². The summed E-state index contributed by atoms with van der Waals surface area (Å²) in [5, 5.41) is 12.6. The van der Waals surface area contributed by atoms with Crippen molar-refractivity contribution in [1.29, 1.82) is 0 Å². The van der Waals surface area contributed by atoms with E-state index < -0.39 is 16.5 Å². The van der Waals surface area contributed by atoms with E-state index in [9.17, 15) is 24.5 Å². The molecule has 0 atom stereocenters. The van der Waals surface area contributed by atoms with E-state index in [0.717, 1.165) is 49.9 Å².